The molecule has 0 radical (unpaired) electrons. The number of nitrogens with zero attached hydrogens (tertiary/aromatic N) is 1. The lowest BCUT2D eigenvalue weighted by molar-refractivity contribution is 0.313. The molecule has 0 atom stereocenters. The molecule has 0 fully saturated rings. The summed E-state index contributed by atoms with van der Waals surface area (Å²) in [4.78, 5) is 2.37. The van der Waals surface area contributed by atoms with Gasteiger partial charge in [0.05, 0.1) is 0 Å². The molecule has 1 aliphatic rings. The first-order chi connectivity index (χ1) is 6.75. The third kappa shape index (κ3) is 2.58. The minimum absolute atomic E-state index is 1.12. The molecule has 1 aliphatic heterocycles. The van der Waals surface area contributed by atoms with Crippen LogP contribution in [0.5, 0.6) is 0 Å². The second-order valence-corrected chi connectivity index (χ2v) is 3.76. The smallest absolute Gasteiger partial charge is 0.0233 e. The second-order valence-electron chi connectivity index (χ2n) is 3.76. The second kappa shape index (κ2) is 5.16. The summed E-state index contributed by atoms with van der Waals surface area (Å²) in [5.41, 5.74) is 4.45. The van der Waals surface area contributed by atoms with Gasteiger partial charge in [0.15, 0.2) is 0 Å². The molecule has 1 aromatic rings. The highest BCUT2D eigenvalue weighted by atomic mass is 15.1. The minimum Gasteiger partial charge on any atom is -0.302 e. The van der Waals surface area contributed by atoms with Crippen molar-refractivity contribution in [2.24, 2.45) is 0 Å². The maximum Gasteiger partial charge on any atom is 0.0233 e. The summed E-state index contributed by atoms with van der Waals surface area (Å²) in [6.45, 7) is 8.49. The van der Waals surface area contributed by atoms with Gasteiger partial charge in [0.25, 0.3) is 0 Å². The number of rotatable bonds is 0. The topological polar surface area (TPSA) is 3.24 Å². The van der Waals surface area contributed by atoms with Crippen molar-refractivity contribution >= 4 is 0 Å². The van der Waals surface area contributed by atoms with E-state index >= 15 is 0 Å². The Bertz CT molecular complexity index is 291. The lowest BCUT2D eigenvalue weighted by Gasteiger charge is -2.24. The lowest BCUT2D eigenvalue weighted by atomic mass is 9.98. The SMILES string of the molecule is CC.Cc1ccc2c(c1)CCN(C)C2. The van der Waals surface area contributed by atoms with E-state index in [-0.39, 0.29) is 0 Å². The number of aryl methyl sites for hydroxylation is 1. The van der Waals surface area contributed by atoms with Gasteiger partial charge in [0.1, 0.15) is 0 Å². The average Bonchev–Trinajstić information content (AvgIpc) is 2.21. The van der Waals surface area contributed by atoms with Gasteiger partial charge in [-0.25, -0.2) is 0 Å². The highest BCUT2D eigenvalue weighted by Gasteiger charge is 2.11. The van der Waals surface area contributed by atoms with Gasteiger partial charge in [-0.1, -0.05) is 37.6 Å². The summed E-state index contributed by atoms with van der Waals surface area (Å²) >= 11 is 0. The Kier molecular flexibility index (Phi) is 4.15. The third-order valence-corrected chi connectivity index (χ3v) is 2.56. The fourth-order valence-electron chi connectivity index (χ4n) is 1.82. The van der Waals surface area contributed by atoms with Gasteiger partial charge in [-0.2, -0.15) is 0 Å². The van der Waals surface area contributed by atoms with E-state index in [2.05, 4.69) is 37.1 Å². The quantitative estimate of drug-likeness (QED) is 0.609. The van der Waals surface area contributed by atoms with Crippen LogP contribution in [-0.2, 0) is 13.0 Å². The van der Waals surface area contributed by atoms with Crippen LogP contribution < -0.4 is 0 Å². The number of benzene rings is 1. The molecular weight excluding hydrogens is 170 g/mol. The van der Waals surface area contributed by atoms with Crippen LogP contribution >= 0.6 is 0 Å². The van der Waals surface area contributed by atoms with E-state index in [0.29, 0.717) is 0 Å². The Balaban J connectivity index is 0.000000461. The van der Waals surface area contributed by atoms with Crippen molar-refractivity contribution in [3.05, 3.63) is 34.9 Å². The van der Waals surface area contributed by atoms with E-state index in [1.54, 1.807) is 5.56 Å². The molecule has 1 heterocycles. The summed E-state index contributed by atoms with van der Waals surface area (Å²) in [7, 11) is 2.18. The molecule has 14 heavy (non-hydrogen) atoms. The molecule has 1 aromatic carbocycles. The first-order valence-electron chi connectivity index (χ1n) is 5.52. The maximum absolute atomic E-state index is 2.37. The van der Waals surface area contributed by atoms with Crippen molar-refractivity contribution < 1.29 is 0 Å². The summed E-state index contributed by atoms with van der Waals surface area (Å²) in [5.74, 6) is 0. The fraction of sp³-hybridized carbons (Fsp3) is 0.538. The van der Waals surface area contributed by atoms with Crippen LogP contribution in [0.15, 0.2) is 18.2 Å². The van der Waals surface area contributed by atoms with Gasteiger partial charge in [-0.3, -0.25) is 0 Å². The van der Waals surface area contributed by atoms with Crippen molar-refractivity contribution in [1.82, 2.24) is 4.90 Å². The monoisotopic (exact) mass is 191 g/mol. The summed E-state index contributed by atoms with van der Waals surface area (Å²) < 4.78 is 0. The highest BCUT2D eigenvalue weighted by Crippen LogP contribution is 2.18. The van der Waals surface area contributed by atoms with Crippen LogP contribution in [0.2, 0.25) is 0 Å². The molecule has 1 nitrogen and oxygen atoms in total. The number of likely N-dealkylation sites (N-methyl/N-ethyl adjacent to an activating group) is 1. The molecular formula is C13H21N. The van der Waals surface area contributed by atoms with E-state index in [9.17, 15) is 0 Å². The standard InChI is InChI=1S/C11H15N.C2H6/c1-9-3-4-11-8-12(2)6-5-10(11)7-9;1-2/h3-4,7H,5-6,8H2,1-2H3;1-2H3. The van der Waals surface area contributed by atoms with Gasteiger partial charge in [-0.05, 0) is 31.5 Å². The Morgan fingerprint density at radius 2 is 1.86 bits per heavy atom. The van der Waals surface area contributed by atoms with Gasteiger partial charge in [-0.15, -0.1) is 0 Å². The molecule has 0 bridgehead atoms. The van der Waals surface area contributed by atoms with Crippen LogP contribution in [0.4, 0.5) is 0 Å². The molecule has 0 saturated carbocycles. The van der Waals surface area contributed by atoms with Gasteiger partial charge >= 0.3 is 0 Å². The van der Waals surface area contributed by atoms with Crippen molar-refractivity contribution in [3.8, 4) is 0 Å². The van der Waals surface area contributed by atoms with E-state index in [0.717, 1.165) is 6.54 Å². The normalized spacial score (nSPS) is 15.4. The van der Waals surface area contributed by atoms with Crippen molar-refractivity contribution in [2.45, 2.75) is 33.7 Å². The zero-order valence-corrected chi connectivity index (χ0v) is 9.80. The number of hydrogen-bond acceptors (Lipinski definition) is 1. The highest BCUT2D eigenvalue weighted by molar-refractivity contribution is 5.33. The number of fused-ring (bicyclic) bond motifs is 1. The zero-order chi connectivity index (χ0) is 10.6. The van der Waals surface area contributed by atoms with Crippen LogP contribution in [0, 0.1) is 6.92 Å². The largest absolute Gasteiger partial charge is 0.302 e. The molecule has 0 saturated heterocycles. The van der Waals surface area contributed by atoms with Crippen LogP contribution in [-0.4, -0.2) is 18.5 Å². The van der Waals surface area contributed by atoms with Crippen molar-refractivity contribution in [2.75, 3.05) is 13.6 Å². The fourth-order valence-corrected chi connectivity index (χ4v) is 1.82. The predicted molar refractivity (Wildman–Crippen MR) is 62.6 cm³/mol. The lowest BCUT2D eigenvalue weighted by Crippen LogP contribution is -2.26. The van der Waals surface area contributed by atoms with Crippen molar-refractivity contribution in [1.29, 1.82) is 0 Å². The van der Waals surface area contributed by atoms with Crippen LogP contribution in [0.3, 0.4) is 0 Å². The molecule has 78 valence electrons. The average molecular weight is 191 g/mol. The van der Waals surface area contributed by atoms with E-state index in [4.69, 9.17) is 0 Å². The minimum atomic E-state index is 1.12. The first-order valence-corrected chi connectivity index (χ1v) is 5.52. The molecule has 0 unspecified atom stereocenters. The van der Waals surface area contributed by atoms with E-state index < -0.39 is 0 Å². The summed E-state index contributed by atoms with van der Waals surface area (Å²) in [5, 5.41) is 0. The van der Waals surface area contributed by atoms with Crippen LogP contribution in [0.25, 0.3) is 0 Å². The molecule has 0 aliphatic carbocycles. The zero-order valence-electron chi connectivity index (χ0n) is 9.80. The molecule has 2 rings (SSSR count). The Morgan fingerprint density at radius 3 is 2.57 bits per heavy atom. The van der Waals surface area contributed by atoms with Crippen LogP contribution in [0.1, 0.15) is 30.5 Å². The summed E-state index contributed by atoms with van der Waals surface area (Å²) in [6.07, 6.45) is 1.22. The summed E-state index contributed by atoms with van der Waals surface area (Å²) in [6, 6.07) is 6.79. The molecule has 0 aromatic heterocycles. The third-order valence-electron chi connectivity index (χ3n) is 2.56. The Hall–Kier alpha value is -0.820. The molecule has 0 N–H and O–H groups in total. The Morgan fingerprint density at radius 1 is 1.14 bits per heavy atom. The van der Waals surface area contributed by atoms with Gasteiger partial charge in [0.2, 0.25) is 0 Å². The first kappa shape index (κ1) is 11.3. The van der Waals surface area contributed by atoms with Crippen molar-refractivity contribution in [3.63, 3.8) is 0 Å². The van der Waals surface area contributed by atoms with E-state index in [1.165, 1.54) is 24.1 Å². The maximum atomic E-state index is 2.37. The number of hydrogen-bond donors (Lipinski definition) is 0. The van der Waals surface area contributed by atoms with Gasteiger partial charge in [0, 0.05) is 13.1 Å². The molecule has 0 amide bonds. The molecule has 1 heteroatoms. The Labute approximate surface area is 87.7 Å². The predicted octanol–water partition coefficient (Wildman–Crippen LogP) is 3.01. The molecule has 0 spiro atoms. The van der Waals surface area contributed by atoms with Gasteiger partial charge < -0.3 is 4.90 Å². The van der Waals surface area contributed by atoms with E-state index in [1.807, 2.05) is 13.8 Å².